The number of carboxylic acids is 1. The molecule has 17 nitrogen and oxygen atoms in total. The Kier molecular flexibility index (Phi) is 13.2. The van der Waals surface area contributed by atoms with Gasteiger partial charge in [-0.15, -0.1) is 0 Å². The highest BCUT2D eigenvalue weighted by Gasteiger charge is 2.70. The summed E-state index contributed by atoms with van der Waals surface area (Å²) in [5.41, 5.74) is -0.169. The second-order valence-corrected chi connectivity index (χ2v) is 23.0. The quantitative estimate of drug-likeness (QED) is 0.116. The molecule has 3 aliphatic heterocycles. The van der Waals surface area contributed by atoms with Crippen molar-refractivity contribution in [3.05, 3.63) is 11.6 Å². The Morgan fingerprint density at radius 2 is 1.30 bits per heavy atom. The SMILES string of the molecule is CC1(C)CC[C@]2(C(=O)O)CC[C@]3(C)C(=CC[C@@H]4[C@@]5(C)CC[C@H](O[C@@H]6O[C@H](CO)[C@@H](O)[C@H](O[C@@H]7O[C@H](CO)[C@@H](O)[C@H](O)[C@H]7O)[C@H]6O[C@@H]6OC[C@@H](O)[C@H](O)[C@H]6O)C(C)(C)C5CC[C@]43C)[C@@H]2C1. The number of ether oxygens (including phenoxy) is 6. The first-order chi connectivity index (χ1) is 29.9. The van der Waals surface area contributed by atoms with Crippen molar-refractivity contribution in [3.63, 3.8) is 0 Å². The summed E-state index contributed by atoms with van der Waals surface area (Å²) in [4.78, 5) is 13.2. The Bertz CT molecular complexity index is 1740. The highest BCUT2D eigenvalue weighted by atomic mass is 16.8. The number of hydrogen-bond donors (Lipinski definition) is 10. The first-order valence-electron chi connectivity index (χ1n) is 23.7. The van der Waals surface area contributed by atoms with E-state index < -0.39 is 129 Å². The average Bonchev–Trinajstić information content (AvgIpc) is 3.23. The lowest BCUT2D eigenvalue weighted by Gasteiger charge is -2.71. The molecule has 17 heteroatoms. The standard InChI is InChI=1S/C47H76O17/c1-42(2)14-16-47(41(57)58)17-15-45(6)22(23(47)18-42)8-9-28-44(5)12-11-29(43(3,4)27(44)10-13-46(28,45)7)62-40-37(64-38-34(55)30(51)24(50)21-59-38)36(32(53)26(20-49)61-40)63-39-35(56)33(54)31(52)25(19-48)60-39/h8,23-40,48-56H,9-21H2,1-7H3,(H,57,58)/t23-,24+,25+,26+,27?,28+,29-,30-,31+,32+,33-,34+,35+,36-,37+,38-,39-,40-,44-,45+,46+,47-/m0/s1. The molecule has 0 amide bonds. The lowest BCUT2D eigenvalue weighted by molar-refractivity contribution is -0.395. The Labute approximate surface area is 376 Å². The van der Waals surface area contributed by atoms with E-state index in [1.165, 1.54) is 5.57 Å². The van der Waals surface area contributed by atoms with Gasteiger partial charge in [-0.25, -0.2) is 0 Å². The number of carbonyl (C=O) groups is 1. The molecule has 8 rings (SSSR count). The topological polar surface area (TPSA) is 275 Å². The summed E-state index contributed by atoms with van der Waals surface area (Å²) < 4.78 is 36.9. The van der Waals surface area contributed by atoms with Gasteiger partial charge >= 0.3 is 5.97 Å². The van der Waals surface area contributed by atoms with Crippen LogP contribution in [0.15, 0.2) is 11.6 Å². The first-order valence-corrected chi connectivity index (χ1v) is 23.7. The molecular formula is C47H76O17. The smallest absolute Gasteiger partial charge is 0.310 e. The van der Waals surface area contributed by atoms with Gasteiger partial charge in [0.05, 0.1) is 31.3 Å². The van der Waals surface area contributed by atoms with Crippen molar-refractivity contribution in [2.75, 3.05) is 19.8 Å². The number of hydrogen-bond acceptors (Lipinski definition) is 16. The average molecular weight is 913 g/mol. The third-order valence-corrected chi connectivity index (χ3v) is 19.0. The Morgan fingerprint density at radius 1 is 0.672 bits per heavy atom. The van der Waals surface area contributed by atoms with E-state index in [-0.39, 0.29) is 33.5 Å². The lowest BCUT2D eigenvalue weighted by Crippen LogP contribution is -2.68. The maximum absolute atomic E-state index is 13.2. The molecule has 0 aromatic carbocycles. The van der Waals surface area contributed by atoms with E-state index in [0.717, 1.165) is 44.9 Å². The molecule has 0 bridgehead atoms. The zero-order chi connectivity index (χ0) is 46.7. The van der Waals surface area contributed by atoms with Gasteiger partial charge in [0, 0.05) is 0 Å². The molecule has 366 valence electrons. The molecule has 10 N–H and O–H groups in total. The van der Waals surface area contributed by atoms with E-state index in [4.69, 9.17) is 28.4 Å². The molecule has 0 aromatic rings. The normalized spacial score (nSPS) is 53.5. The van der Waals surface area contributed by atoms with Gasteiger partial charge in [-0.3, -0.25) is 4.79 Å². The summed E-state index contributed by atoms with van der Waals surface area (Å²) in [5.74, 6) is -0.181. The van der Waals surface area contributed by atoms with E-state index in [0.29, 0.717) is 25.2 Å². The predicted molar refractivity (Wildman–Crippen MR) is 225 cm³/mol. The molecule has 0 radical (unpaired) electrons. The summed E-state index contributed by atoms with van der Waals surface area (Å²) in [5, 5.41) is 107. The summed E-state index contributed by atoms with van der Waals surface area (Å²) >= 11 is 0. The maximum Gasteiger partial charge on any atom is 0.310 e. The van der Waals surface area contributed by atoms with Gasteiger partial charge < -0.3 is 79.5 Å². The van der Waals surface area contributed by atoms with Gasteiger partial charge in [0.15, 0.2) is 18.9 Å². The minimum atomic E-state index is -1.86. The van der Waals surface area contributed by atoms with Crippen molar-refractivity contribution in [2.24, 2.45) is 50.2 Å². The third kappa shape index (κ3) is 7.58. The lowest BCUT2D eigenvalue weighted by atomic mass is 9.33. The zero-order valence-corrected chi connectivity index (χ0v) is 38.5. The van der Waals surface area contributed by atoms with Crippen molar-refractivity contribution < 1.29 is 84.3 Å². The summed E-state index contributed by atoms with van der Waals surface area (Å²) in [6.45, 7) is 14.4. The number of rotatable bonds is 9. The molecule has 4 saturated carbocycles. The van der Waals surface area contributed by atoms with E-state index in [2.05, 4.69) is 54.5 Å². The van der Waals surface area contributed by atoms with Crippen molar-refractivity contribution in [3.8, 4) is 0 Å². The molecule has 0 aromatic heterocycles. The second kappa shape index (κ2) is 17.2. The molecule has 1 unspecified atom stereocenters. The number of fused-ring (bicyclic) bond motifs is 7. The van der Waals surface area contributed by atoms with Crippen LogP contribution in [0.2, 0.25) is 0 Å². The minimum absolute atomic E-state index is 0.00488. The van der Waals surface area contributed by atoms with Crippen LogP contribution in [0, 0.1) is 50.2 Å². The molecule has 3 saturated heterocycles. The third-order valence-electron chi connectivity index (χ3n) is 19.0. The zero-order valence-electron chi connectivity index (χ0n) is 38.5. The van der Waals surface area contributed by atoms with Crippen LogP contribution in [-0.4, -0.2) is 169 Å². The minimum Gasteiger partial charge on any atom is -0.481 e. The Morgan fingerprint density at radius 3 is 1.97 bits per heavy atom. The Hall–Kier alpha value is -1.39. The van der Waals surface area contributed by atoms with Crippen LogP contribution in [-0.2, 0) is 33.2 Å². The molecule has 64 heavy (non-hydrogen) atoms. The number of aliphatic hydroxyl groups is 9. The molecule has 5 aliphatic carbocycles. The van der Waals surface area contributed by atoms with E-state index in [1.807, 2.05) is 0 Å². The van der Waals surface area contributed by atoms with Gasteiger partial charge in [0.1, 0.15) is 67.1 Å². The fourth-order valence-electron chi connectivity index (χ4n) is 14.8. The maximum atomic E-state index is 13.2. The number of aliphatic carboxylic acids is 1. The van der Waals surface area contributed by atoms with Crippen LogP contribution in [0.1, 0.15) is 113 Å². The fraction of sp³-hybridized carbons (Fsp3) is 0.936. The van der Waals surface area contributed by atoms with E-state index in [9.17, 15) is 55.9 Å². The predicted octanol–water partition coefficient (Wildman–Crippen LogP) is 1.35. The summed E-state index contributed by atoms with van der Waals surface area (Å²) in [7, 11) is 0. The largest absolute Gasteiger partial charge is 0.481 e. The van der Waals surface area contributed by atoms with E-state index in [1.54, 1.807) is 0 Å². The van der Waals surface area contributed by atoms with Crippen LogP contribution in [0.4, 0.5) is 0 Å². The first kappa shape index (κ1) is 49.0. The van der Waals surface area contributed by atoms with Crippen LogP contribution in [0.25, 0.3) is 0 Å². The molecular weight excluding hydrogens is 836 g/mol. The van der Waals surface area contributed by atoms with Crippen molar-refractivity contribution >= 4 is 5.97 Å². The fourth-order valence-corrected chi connectivity index (χ4v) is 14.8. The Balaban J connectivity index is 1.08. The van der Waals surface area contributed by atoms with Crippen molar-refractivity contribution in [2.45, 2.75) is 205 Å². The van der Waals surface area contributed by atoms with Crippen LogP contribution >= 0.6 is 0 Å². The van der Waals surface area contributed by atoms with Crippen LogP contribution in [0.3, 0.4) is 0 Å². The van der Waals surface area contributed by atoms with Gasteiger partial charge in [-0.1, -0.05) is 60.1 Å². The number of aliphatic hydroxyl groups excluding tert-OH is 9. The van der Waals surface area contributed by atoms with Crippen molar-refractivity contribution in [1.29, 1.82) is 0 Å². The van der Waals surface area contributed by atoms with Gasteiger partial charge in [-0.05, 0) is 109 Å². The molecule has 7 fully saturated rings. The van der Waals surface area contributed by atoms with Crippen molar-refractivity contribution in [1.82, 2.24) is 0 Å². The molecule has 3 heterocycles. The highest BCUT2D eigenvalue weighted by molar-refractivity contribution is 5.76. The monoisotopic (exact) mass is 913 g/mol. The van der Waals surface area contributed by atoms with Gasteiger partial charge in [-0.2, -0.15) is 0 Å². The number of allylic oxidation sites excluding steroid dienone is 2. The number of carboxylic acid groups (broad SMARTS) is 1. The molecule has 22 atom stereocenters. The van der Waals surface area contributed by atoms with Gasteiger partial charge in [0.2, 0.25) is 0 Å². The second-order valence-electron chi connectivity index (χ2n) is 23.0. The molecule has 8 aliphatic rings. The summed E-state index contributed by atoms with van der Waals surface area (Å²) in [6, 6.07) is 0. The summed E-state index contributed by atoms with van der Waals surface area (Å²) in [6.07, 6.45) is -12.4. The molecule has 0 spiro atoms. The van der Waals surface area contributed by atoms with Crippen LogP contribution < -0.4 is 0 Å². The van der Waals surface area contributed by atoms with E-state index >= 15 is 0 Å². The van der Waals surface area contributed by atoms with Crippen LogP contribution in [0.5, 0.6) is 0 Å². The van der Waals surface area contributed by atoms with Gasteiger partial charge in [0.25, 0.3) is 0 Å². The highest BCUT2D eigenvalue weighted by Crippen LogP contribution is 2.76.